The highest BCUT2D eigenvalue weighted by atomic mass is 32.2. The normalized spacial score (nSPS) is 20.0. The number of nitrogens with zero attached hydrogens (tertiary/aromatic N) is 2. The van der Waals surface area contributed by atoms with Gasteiger partial charge in [-0.05, 0) is 61.6 Å². The van der Waals surface area contributed by atoms with Crippen LogP contribution in [0.15, 0.2) is 47.4 Å². The quantitative estimate of drug-likeness (QED) is 0.467. The van der Waals surface area contributed by atoms with Crippen LogP contribution in [0, 0.1) is 0 Å². The first-order valence-electron chi connectivity index (χ1n) is 10.6. The second-order valence-corrected chi connectivity index (χ2v) is 8.85. The summed E-state index contributed by atoms with van der Waals surface area (Å²) in [6.07, 6.45) is -2.27. The molecule has 2 aromatic rings. The number of anilines is 1. The van der Waals surface area contributed by atoms with Crippen LogP contribution in [0.3, 0.4) is 0 Å². The molecule has 2 aliphatic heterocycles. The number of imide groups is 1. The van der Waals surface area contributed by atoms with E-state index in [-0.39, 0.29) is 30.6 Å². The highest BCUT2D eigenvalue weighted by Gasteiger charge is 2.48. The van der Waals surface area contributed by atoms with Gasteiger partial charge < -0.3 is 19.7 Å². The molecule has 2 heterocycles. The van der Waals surface area contributed by atoms with Gasteiger partial charge in [0.1, 0.15) is 17.5 Å². The molecule has 2 saturated heterocycles. The van der Waals surface area contributed by atoms with E-state index >= 15 is 0 Å². The molecule has 0 radical (unpaired) electrons. The summed E-state index contributed by atoms with van der Waals surface area (Å²) in [7, 11) is 1.48. The van der Waals surface area contributed by atoms with Crippen LogP contribution in [0.25, 0.3) is 0 Å². The van der Waals surface area contributed by atoms with Gasteiger partial charge in [0.05, 0.1) is 18.4 Å². The SMILES string of the molecule is COc1cc(SC)ccc1C(=O)NC1CCN2C(=O)N(c3ccc(OC(F)(F)F)cc3)C(=O)C2C1. The molecule has 2 fully saturated rings. The van der Waals surface area contributed by atoms with Crippen molar-refractivity contribution < 1.29 is 37.0 Å². The third kappa shape index (κ3) is 5.16. The van der Waals surface area contributed by atoms with Gasteiger partial charge in [-0.15, -0.1) is 24.9 Å². The van der Waals surface area contributed by atoms with Gasteiger partial charge in [-0.2, -0.15) is 0 Å². The maximum atomic E-state index is 13.1. The van der Waals surface area contributed by atoms with E-state index in [9.17, 15) is 27.6 Å². The van der Waals surface area contributed by atoms with E-state index in [4.69, 9.17) is 4.74 Å². The van der Waals surface area contributed by atoms with Crippen molar-refractivity contribution in [2.24, 2.45) is 0 Å². The van der Waals surface area contributed by atoms with Gasteiger partial charge >= 0.3 is 12.4 Å². The van der Waals surface area contributed by atoms with Gasteiger partial charge in [0.15, 0.2) is 0 Å². The van der Waals surface area contributed by atoms with Crippen molar-refractivity contribution in [3.63, 3.8) is 0 Å². The molecular weight excluding hydrogens is 487 g/mol. The second kappa shape index (κ2) is 9.68. The first-order valence-corrected chi connectivity index (χ1v) is 11.9. The Morgan fingerprint density at radius 2 is 1.86 bits per heavy atom. The Morgan fingerprint density at radius 1 is 1.14 bits per heavy atom. The van der Waals surface area contributed by atoms with Gasteiger partial charge in [0.2, 0.25) is 0 Å². The molecule has 12 heteroatoms. The summed E-state index contributed by atoms with van der Waals surface area (Å²) >= 11 is 1.52. The smallest absolute Gasteiger partial charge is 0.496 e. The van der Waals surface area contributed by atoms with E-state index in [1.807, 2.05) is 12.3 Å². The lowest BCUT2D eigenvalue weighted by Crippen LogP contribution is -2.49. The Labute approximate surface area is 203 Å². The van der Waals surface area contributed by atoms with E-state index in [2.05, 4.69) is 10.1 Å². The summed E-state index contributed by atoms with van der Waals surface area (Å²) in [5.74, 6) is -0.868. The molecule has 0 bridgehead atoms. The third-order valence-corrected chi connectivity index (χ3v) is 6.59. The molecule has 1 N–H and O–H groups in total. The summed E-state index contributed by atoms with van der Waals surface area (Å²) in [6, 6.07) is 8.09. The zero-order chi connectivity index (χ0) is 25.3. The number of alkyl halides is 3. The summed E-state index contributed by atoms with van der Waals surface area (Å²) in [4.78, 5) is 42.1. The van der Waals surface area contributed by atoms with Gasteiger partial charge in [-0.25, -0.2) is 9.69 Å². The van der Waals surface area contributed by atoms with E-state index < -0.39 is 30.1 Å². The zero-order valence-electron chi connectivity index (χ0n) is 18.8. The largest absolute Gasteiger partial charge is 0.573 e. The molecule has 0 spiro atoms. The predicted molar refractivity (Wildman–Crippen MR) is 122 cm³/mol. The van der Waals surface area contributed by atoms with E-state index in [0.717, 1.165) is 21.9 Å². The monoisotopic (exact) mass is 509 g/mol. The molecule has 2 unspecified atom stereocenters. The Hall–Kier alpha value is -3.41. The fraction of sp³-hybridized carbons (Fsp3) is 0.348. The van der Waals surface area contributed by atoms with Gasteiger partial charge in [-0.3, -0.25) is 9.59 Å². The van der Waals surface area contributed by atoms with E-state index in [1.165, 1.54) is 35.9 Å². The average molecular weight is 510 g/mol. The summed E-state index contributed by atoms with van der Waals surface area (Å²) in [6.45, 7) is 0.245. The van der Waals surface area contributed by atoms with Crippen LogP contribution >= 0.6 is 11.8 Å². The molecular formula is C23H22F3N3O5S. The summed E-state index contributed by atoms with van der Waals surface area (Å²) in [5, 5.41) is 2.92. The molecule has 0 saturated carbocycles. The molecule has 0 aromatic heterocycles. The number of piperidine rings is 1. The highest BCUT2D eigenvalue weighted by molar-refractivity contribution is 7.98. The second-order valence-electron chi connectivity index (χ2n) is 7.97. The average Bonchev–Trinajstić information content (AvgIpc) is 3.07. The molecule has 35 heavy (non-hydrogen) atoms. The van der Waals surface area contributed by atoms with Gasteiger partial charge in [0.25, 0.3) is 11.8 Å². The molecule has 4 rings (SSSR count). The number of amides is 4. The molecule has 186 valence electrons. The van der Waals surface area contributed by atoms with Crippen LogP contribution in [0.1, 0.15) is 23.2 Å². The van der Waals surface area contributed by atoms with Gasteiger partial charge in [-0.1, -0.05) is 0 Å². The topological polar surface area (TPSA) is 88.2 Å². The number of halogens is 3. The Bertz CT molecular complexity index is 1140. The minimum absolute atomic E-state index is 0.142. The van der Waals surface area contributed by atoms with Crippen molar-refractivity contribution in [1.82, 2.24) is 10.2 Å². The van der Waals surface area contributed by atoms with Crippen molar-refractivity contribution in [3.05, 3.63) is 48.0 Å². The number of carbonyl (C=O) groups excluding carboxylic acids is 3. The molecule has 4 amide bonds. The maximum absolute atomic E-state index is 13.1. The number of benzene rings is 2. The number of urea groups is 1. The number of carbonyl (C=O) groups is 3. The fourth-order valence-corrected chi connectivity index (χ4v) is 4.64. The number of ether oxygens (including phenoxy) is 2. The highest BCUT2D eigenvalue weighted by Crippen LogP contribution is 2.33. The maximum Gasteiger partial charge on any atom is 0.573 e. The van der Waals surface area contributed by atoms with Crippen LogP contribution in [0.5, 0.6) is 11.5 Å². The first kappa shape index (κ1) is 24.7. The lowest BCUT2D eigenvalue weighted by atomic mass is 9.97. The Balaban J connectivity index is 1.45. The van der Waals surface area contributed by atoms with Crippen molar-refractivity contribution in [1.29, 1.82) is 0 Å². The van der Waals surface area contributed by atoms with Crippen LogP contribution in [-0.4, -0.2) is 61.1 Å². The molecule has 2 atom stereocenters. The first-order chi connectivity index (χ1) is 16.6. The van der Waals surface area contributed by atoms with Crippen LogP contribution in [0.4, 0.5) is 23.7 Å². The number of hydrogen-bond donors (Lipinski definition) is 1. The predicted octanol–water partition coefficient (Wildman–Crippen LogP) is 4.05. The van der Waals surface area contributed by atoms with Crippen molar-refractivity contribution >= 4 is 35.3 Å². The standard InChI is InChI=1S/C23H22F3N3O5S/c1-33-19-12-16(35-2)7-8-17(19)20(30)27-13-9-10-28-18(11-13)21(31)29(22(28)32)14-3-5-15(6-4-14)34-23(24,25)26/h3-8,12-13,18H,9-11H2,1-2H3,(H,27,30). The van der Waals surface area contributed by atoms with E-state index in [1.54, 1.807) is 12.1 Å². The minimum atomic E-state index is -4.85. The van der Waals surface area contributed by atoms with Crippen molar-refractivity contribution in [3.8, 4) is 11.5 Å². The summed E-state index contributed by atoms with van der Waals surface area (Å²) in [5.41, 5.74) is 0.507. The lowest BCUT2D eigenvalue weighted by molar-refractivity contribution is -0.274. The molecule has 8 nitrogen and oxygen atoms in total. The number of fused-ring (bicyclic) bond motifs is 1. The summed E-state index contributed by atoms with van der Waals surface area (Å²) < 4.78 is 46.4. The van der Waals surface area contributed by atoms with Crippen LogP contribution in [0.2, 0.25) is 0 Å². The van der Waals surface area contributed by atoms with Crippen LogP contribution in [-0.2, 0) is 4.79 Å². The Morgan fingerprint density at radius 3 is 2.49 bits per heavy atom. The number of hydrogen-bond acceptors (Lipinski definition) is 6. The van der Waals surface area contributed by atoms with Crippen LogP contribution < -0.4 is 19.7 Å². The third-order valence-electron chi connectivity index (χ3n) is 5.86. The molecule has 2 aromatic carbocycles. The Kier molecular flexibility index (Phi) is 6.84. The number of methoxy groups -OCH3 is 1. The van der Waals surface area contributed by atoms with Crippen molar-refractivity contribution in [2.45, 2.75) is 36.2 Å². The van der Waals surface area contributed by atoms with Gasteiger partial charge in [0, 0.05) is 17.5 Å². The zero-order valence-corrected chi connectivity index (χ0v) is 19.6. The molecule has 2 aliphatic rings. The number of nitrogens with one attached hydrogen (secondary N) is 1. The van der Waals surface area contributed by atoms with E-state index in [0.29, 0.717) is 17.7 Å². The minimum Gasteiger partial charge on any atom is -0.496 e. The number of thioether (sulfide) groups is 1. The lowest BCUT2D eigenvalue weighted by Gasteiger charge is -2.32. The van der Waals surface area contributed by atoms with Crippen molar-refractivity contribution in [2.75, 3.05) is 24.8 Å². The fourth-order valence-electron chi connectivity index (χ4n) is 4.22. The molecule has 0 aliphatic carbocycles. The number of rotatable bonds is 6.